The minimum atomic E-state index is 0.253. The fraction of sp³-hybridized carbons (Fsp3) is 0.462. The van der Waals surface area contributed by atoms with Crippen molar-refractivity contribution in [3.05, 3.63) is 31.8 Å². The quantitative estimate of drug-likeness (QED) is 0.521. The van der Waals surface area contributed by atoms with Crippen molar-refractivity contribution in [1.82, 2.24) is 0 Å². The monoisotopic (exact) mass is 392 g/mol. The number of carbonyl (C=O) groups is 1. The summed E-state index contributed by atoms with van der Waals surface area (Å²) in [5.41, 5.74) is 0.860. The Hall–Kier alpha value is 0.1000. The standard InChI is InChI=1S/C13H14BrIO/c14-12-7-6-10(15)8-11(12)13(16)9-4-2-1-3-5-9/h6-9H,1-5H2. The molecular formula is C13H14BrIO. The zero-order chi connectivity index (χ0) is 11.5. The zero-order valence-electron chi connectivity index (χ0n) is 9.01. The van der Waals surface area contributed by atoms with Crippen LogP contribution in [0.1, 0.15) is 42.5 Å². The minimum Gasteiger partial charge on any atom is -0.294 e. The summed E-state index contributed by atoms with van der Waals surface area (Å²) in [5.74, 6) is 0.577. The van der Waals surface area contributed by atoms with Crippen LogP contribution in [0.5, 0.6) is 0 Å². The van der Waals surface area contributed by atoms with E-state index in [1.54, 1.807) is 0 Å². The highest BCUT2D eigenvalue weighted by molar-refractivity contribution is 14.1. The van der Waals surface area contributed by atoms with Gasteiger partial charge in [0.05, 0.1) is 0 Å². The van der Waals surface area contributed by atoms with Gasteiger partial charge in [-0.2, -0.15) is 0 Å². The van der Waals surface area contributed by atoms with E-state index in [2.05, 4.69) is 38.5 Å². The highest BCUT2D eigenvalue weighted by Crippen LogP contribution is 2.30. The van der Waals surface area contributed by atoms with Gasteiger partial charge in [0, 0.05) is 19.5 Å². The van der Waals surface area contributed by atoms with Gasteiger partial charge in [-0.15, -0.1) is 0 Å². The molecule has 2 rings (SSSR count). The van der Waals surface area contributed by atoms with Gasteiger partial charge in [0.1, 0.15) is 0 Å². The van der Waals surface area contributed by atoms with Gasteiger partial charge in [0.2, 0.25) is 0 Å². The lowest BCUT2D eigenvalue weighted by Crippen LogP contribution is -2.18. The van der Waals surface area contributed by atoms with Gasteiger partial charge in [-0.3, -0.25) is 4.79 Å². The molecule has 1 aliphatic rings. The minimum absolute atomic E-state index is 0.253. The molecule has 1 aromatic rings. The number of Topliss-reactive ketones (excluding diaryl/α,β-unsaturated/α-hetero) is 1. The van der Waals surface area contributed by atoms with Gasteiger partial charge in [-0.1, -0.05) is 35.2 Å². The second kappa shape index (κ2) is 5.63. The van der Waals surface area contributed by atoms with Gasteiger partial charge in [-0.05, 0) is 53.6 Å². The maximum absolute atomic E-state index is 12.3. The largest absolute Gasteiger partial charge is 0.294 e. The molecule has 1 nitrogen and oxygen atoms in total. The first-order chi connectivity index (χ1) is 7.68. The first-order valence-corrected chi connectivity index (χ1v) is 7.55. The lowest BCUT2D eigenvalue weighted by molar-refractivity contribution is 0.0888. The van der Waals surface area contributed by atoms with Crippen LogP contribution in [0.15, 0.2) is 22.7 Å². The van der Waals surface area contributed by atoms with Crippen molar-refractivity contribution in [2.45, 2.75) is 32.1 Å². The average molecular weight is 393 g/mol. The Balaban J connectivity index is 2.22. The number of halogens is 2. The molecular weight excluding hydrogens is 379 g/mol. The van der Waals surface area contributed by atoms with Crippen molar-refractivity contribution >= 4 is 44.3 Å². The van der Waals surface area contributed by atoms with E-state index in [0.717, 1.165) is 26.4 Å². The van der Waals surface area contributed by atoms with Gasteiger partial charge in [0.25, 0.3) is 0 Å². The van der Waals surface area contributed by atoms with Crippen LogP contribution >= 0.6 is 38.5 Å². The van der Waals surface area contributed by atoms with Crippen LogP contribution in [0.25, 0.3) is 0 Å². The molecule has 0 N–H and O–H groups in total. The summed E-state index contributed by atoms with van der Waals surface area (Å²) in [6.45, 7) is 0. The Kier molecular flexibility index (Phi) is 4.41. The molecule has 0 aromatic heterocycles. The summed E-state index contributed by atoms with van der Waals surface area (Å²) in [6, 6.07) is 5.97. The molecule has 1 saturated carbocycles. The molecule has 0 aliphatic heterocycles. The number of rotatable bonds is 2. The molecule has 1 fully saturated rings. The first-order valence-electron chi connectivity index (χ1n) is 5.68. The van der Waals surface area contributed by atoms with Gasteiger partial charge in [-0.25, -0.2) is 0 Å². The molecule has 0 unspecified atom stereocenters. The number of benzene rings is 1. The zero-order valence-corrected chi connectivity index (χ0v) is 12.8. The third-order valence-electron chi connectivity index (χ3n) is 3.17. The second-order valence-electron chi connectivity index (χ2n) is 4.32. The number of ketones is 1. The summed E-state index contributed by atoms with van der Waals surface area (Å²) in [4.78, 5) is 12.3. The van der Waals surface area contributed by atoms with E-state index in [1.807, 2.05) is 18.2 Å². The average Bonchev–Trinajstić information content (AvgIpc) is 2.32. The smallest absolute Gasteiger partial charge is 0.167 e. The van der Waals surface area contributed by atoms with Crippen molar-refractivity contribution in [3.8, 4) is 0 Å². The predicted octanol–water partition coefficient (Wildman–Crippen LogP) is 4.82. The highest BCUT2D eigenvalue weighted by Gasteiger charge is 2.23. The Bertz CT molecular complexity index is 397. The molecule has 16 heavy (non-hydrogen) atoms. The summed E-state index contributed by atoms with van der Waals surface area (Å²) in [6.07, 6.45) is 5.83. The van der Waals surface area contributed by atoms with Crippen LogP contribution in [0.3, 0.4) is 0 Å². The van der Waals surface area contributed by atoms with E-state index < -0.39 is 0 Å². The van der Waals surface area contributed by atoms with E-state index in [0.29, 0.717) is 5.78 Å². The Morgan fingerprint density at radius 2 is 1.94 bits per heavy atom. The highest BCUT2D eigenvalue weighted by atomic mass is 127. The molecule has 86 valence electrons. The Morgan fingerprint density at radius 1 is 1.25 bits per heavy atom. The van der Waals surface area contributed by atoms with Crippen LogP contribution in [-0.2, 0) is 0 Å². The van der Waals surface area contributed by atoms with E-state index in [-0.39, 0.29) is 5.92 Å². The van der Waals surface area contributed by atoms with Crippen molar-refractivity contribution in [2.75, 3.05) is 0 Å². The van der Waals surface area contributed by atoms with E-state index in [1.165, 1.54) is 19.3 Å². The molecule has 3 heteroatoms. The maximum atomic E-state index is 12.3. The van der Waals surface area contributed by atoms with E-state index in [9.17, 15) is 4.79 Å². The van der Waals surface area contributed by atoms with Crippen LogP contribution in [0, 0.1) is 9.49 Å². The fourth-order valence-corrected chi connectivity index (χ4v) is 3.20. The molecule has 0 radical (unpaired) electrons. The molecule has 1 aliphatic carbocycles. The SMILES string of the molecule is O=C(c1cc(I)ccc1Br)C1CCCCC1. The number of carbonyl (C=O) groups excluding carboxylic acids is 1. The van der Waals surface area contributed by atoms with Gasteiger partial charge < -0.3 is 0 Å². The predicted molar refractivity (Wildman–Crippen MR) is 77.8 cm³/mol. The number of hydrogen-bond donors (Lipinski definition) is 0. The Labute approximate surface area is 118 Å². The number of hydrogen-bond acceptors (Lipinski definition) is 1. The van der Waals surface area contributed by atoms with Crippen molar-refractivity contribution in [2.24, 2.45) is 5.92 Å². The third-order valence-corrected chi connectivity index (χ3v) is 4.53. The van der Waals surface area contributed by atoms with Crippen LogP contribution in [0.4, 0.5) is 0 Å². The summed E-state index contributed by atoms with van der Waals surface area (Å²) < 4.78 is 2.06. The van der Waals surface area contributed by atoms with Crippen LogP contribution < -0.4 is 0 Å². The van der Waals surface area contributed by atoms with Crippen molar-refractivity contribution in [1.29, 1.82) is 0 Å². The second-order valence-corrected chi connectivity index (χ2v) is 6.42. The summed E-state index contributed by atoms with van der Waals surface area (Å²) in [7, 11) is 0. The van der Waals surface area contributed by atoms with Crippen LogP contribution in [-0.4, -0.2) is 5.78 Å². The summed E-state index contributed by atoms with van der Waals surface area (Å²) in [5, 5.41) is 0. The third kappa shape index (κ3) is 2.86. The molecule has 0 spiro atoms. The normalized spacial score (nSPS) is 17.4. The Morgan fingerprint density at radius 3 is 2.62 bits per heavy atom. The molecule has 0 atom stereocenters. The molecule has 0 heterocycles. The molecule has 0 saturated heterocycles. The topological polar surface area (TPSA) is 17.1 Å². The lowest BCUT2D eigenvalue weighted by Gasteiger charge is -2.20. The first kappa shape index (κ1) is 12.6. The molecule has 0 amide bonds. The van der Waals surface area contributed by atoms with Crippen molar-refractivity contribution < 1.29 is 4.79 Å². The molecule has 0 bridgehead atoms. The summed E-state index contributed by atoms with van der Waals surface area (Å²) >= 11 is 5.73. The van der Waals surface area contributed by atoms with Crippen LogP contribution in [0.2, 0.25) is 0 Å². The van der Waals surface area contributed by atoms with Gasteiger partial charge >= 0.3 is 0 Å². The van der Waals surface area contributed by atoms with E-state index in [4.69, 9.17) is 0 Å². The molecule has 1 aromatic carbocycles. The maximum Gasteiger partial charge on any atom is 0.167 e. The lowest BCUT2D eigenvalue weighted by atomic mass is 9.84. The van der Waals surface area contributed by atoms with E-state index >= 15 is 0 Å². The van der Waals surface area contributed by atoms with Gasteiger partial charge in [0.15, 0.2) is 5.78 Å². The fourth-order valence-electron chi connectivity index (χ4n) is 2.27. The van der Waals surface area contributed by atoms with Crippen molar-refractivity contribution in [3.63, 3.8) is 0 Å².